The first-order valence-electron chi connectivity index (χ1n) is 14.3. The third-order valence-electron chi connectivity index (χ3n) is 9.47. The molecule has 0 bridgehead atoms. The van der Waals surface area contributed by atoms with E-state index in [4.69, 9.17) is 0 Å². The van der Waals surface area contributed by atoms with E-state index in [9.17, 15) is 0 Å². The molecule has 0 aliphatic carbocycles. The van der Waals surface area contributed by atoms with Crippen molar-refractivity contribution in [2.45, 2.75) is 0 Å². The topological polar surface area (TPSA) is 10.9 Å². The van der Waals surface area contributed by atoms with Crippen LogP contribution in [0.5, 0.6) is 0 Å². The molecule has 0 unspecified atom stereocenters. The highest BCUT2D eigenvalue weighted by Gasteiger charge is 2.45. The average molecular weight is 521 g/mol. The van der Waals surface area contributed by atoms with E-state index in [0.29, 0.717) is 0 Å². The van der Waals surface area contributed by atoms with Gasteiger partial charge in [0.1, 0.15) is 0 Å². The van der Waals surface area contributed by atoms with Gasteiger partial charge in [-0.1, -0.05) is 91.0 Å². The number of fused-ring (bicyclic) bond motifs is 12. The predicted molar refractivity (Wildman–Crippen MR) is 175 cm³/mol. The summed E-state index contributed by atoms with van der Waals surface area (Å²) in [6.45, 7) is 0.138. The van der Waals surface area contributed by atoms with Crippen molar-refractivity contribution >= 4 is 89.6 Å². The van der Waals surface area contributed by atoms with Gasteiger partial charge < -0.3 is 14.2 Å². The minimum absolute atomic E-state index is 0.138. The Balaban J connectivity index is 1.54. The molecule has 4 heteroatoms. The van der Waals surface area contributed by atoms with Gasteiger partial charge in [-0.25, -0.2) is 0 Å². The normalized spacial score (nSPS) is 13.8. The maximum Gasteiger partial charge on any atom is 0.252 e. The van der Waals surface area contributed by atoms with Gasteiger partial charge >= 0.3 is 0 Å². The Kier molecular flexibility index (Phi) is 3.95. The molecule has 190 valence electrons. The van der Waals surface area contributed by atoms with Crippen molar-refractivity contribution in [3.63, 3.8) is 0 Å². The molecule has 2 aliphatic heterocycles. The Hall–Kier alpha value is -5.22. The molecular weight excluding hydrogens is 497 g/mol. The first kappa shape index (κ1) is 21.6. The fraction of sp³-hybridized carbons (Fsp3) is 0.0270. The maximum atomic E-state index is 2.53. The lowest BCUT2D eigenvalue weighted by Crippen LogP contribution is -2.61. The van der Waals surface area contributed by atoms with Crippen LogP contribution < -0.4 is 26.2 Å². The van der Waals surface area contributed by atoms with E-state index in [-0.39, 0.29) is 6.71 Å². The number of anilines is 5. The van der Waals surface area contributed by atoms with Gasteiger partial charge in [0.05, 0.1) is 22.2 Å². The SMILES string of the molecule is CN1c2ccccc2B2c3ccccc3N(c3ccccc3)c3c2c1c1c2ccccc2n2c4ccccc4c3c12. The van der Waals surface area contributed by atoms with Crippen LogP contribution in [0.3, 0.4) is 0 Å². The van der Waals surface area contributed by atoms with Crippen LogP contribution in [0.4, 0.5) is 28.4 Å². The van der Waals surface area contributed by atoms with Crippen LogP contribution in [0.1, 0.15) is 0 Å². The summed E-state index contributed by atoms with van der Waals surface area (Å²) in [5, 5.41) is 5.30. The summed E-state index contributed by atoms with van der Waals surface area (Å²) < 4.78 is 2.51. The number of hydrogen-bond donors (Lipinski definition) is 0. The van der Waals surface area contributed by atoms with Gasteiger partial charge in [0.2, 0.25) is 0 Å². The van der Waals surface area contributed by atoms with Gasteiger partial charge in [0, 0.05) is 51.3 Å². The summed E-state index contributed by atoms with van der Waals surface area (Å²) in [5.74, 6) is 0. The molecule has 0 atom stereocenters. The monoisotopic (exact) mass is 521 g/mol. The second kappa shape index (κ2) is 7.49. The lowest BCUT2D eigenvalue weighted by Gasteiger charge is -2.43. The van der Waals surface area contributed by atoms with Crippen LogP contribution >= 0.6 is 0 Å². The minimum atomic E-state index is 0.138. The number of rotatable bonds is 1. The molecule has 2 aliphatic rings. The summed E-state index contributed by atoms with van der Waals surface area (Å²) >= 11 is 0. The zero-order valence-corrected chi connectivity index (χ0v) is 22.5. The molecule has 6 aromatic carbocycles. The Morgan fingerprint density at radius 1 is 0.512 bits per heavy atom. The number of para-hydroxylation sites is 5. The zero-order valence-electron chi connectivity index (χ0n) is 22.5. The summed E-state index contributed by atoms with van der Waals surface area (Å²) in [6, 6.07) is 46.8. The molecule has 3 nitrogen and oxygen atoms in total. The van der Waals surface area contributed by atoms with Crippen LogP contribution in [0, 0.1) is 0 Å². The maximum absolute atomic E-state index is 2.53. The van der Waals surface area contributed by atoms with Gasteiger partial charge in [-0.15, -0.1) is 0 Å². The van der Waals surface area contributed by atoms with E-state index < -0.39 is 0 Å². The Morgan fingerprint density at radius 2 is 1.05 bits per heavy atom. The largest absolute Gasteiger partial charge is 0.345 e. The molecule has 10 rings (SSSR count). The van der Waals surface area contributed by atoms with Crippen LogP contribution in [-0.2, 0) is 0 Å². The summed E-state index contributed by atoms with van der Waals surface area (Å²) in [6.07, 6.45) is 0. The molecule has 2 aromatic heterocycles. The van der Waals surface area contributed by atoms with Gasteiger partial charge in [0.25, 0.3) is 6.71 Å². The average Bonchev–Trinajstić information content (AvgIpc) is 3.55. The molecule has 8 aromatic rings. The molecule has 0 radical (unpaired) electrons. The predicted octanol–water partition coefficient (Wildman–Crippen LogP) is 7.22. The van der Waals surface area contributed by atoms with Gasteiger partial charge in [-0.2, -0.15) is 0 Å². The van der Waals surface area contributed by atoms with Crippen LogP contribution in [0.15, 0.2) is 127 Å². The second-order valence-electron chi connectivity index (χ2n) is 11.4. The van der Waals surface area contributed by atoms with Crippen molar-refractivity contribution in [2.24, 2.45) is 0 Å². The van der Waals surface area contributed by atoms with E-state index in [2.05, 4.69) is 149 Å². The van der Waals surface area contributed by atoms with E-state index >= 15 is 0 Å². The van der Waals surface area contributed by atoms with Crippen molar-refractivity contribution in [1.29, 1.82) is 0 Å². The van der Waals surface area contributed by atoms with E-state index in [0.717, 1.165) is 0 Å². The molecule has 0 saturated heterocycles. The number of aromatic nitrogens is 1. The minimum Gasteiger partial charge on any atom is -0.345 e. The molecule has 0 saturated carbocycles. The Morgan fingerprint density at radius 3 is 1.76 bits per heavy atom. The van der Waals surface area contributed by atoms with Gasteiger partial charge in [0.15, 0.2) is 0 Å². The van der Waals surface area contributed by atoms with Gasteiger partial charge in [-0.3, -0.25) is 0 Å². The first-order chi connectivity index (χ1) is 20.3. The number of hydrogen-bond acceptors (Lipinski definition) is 2. The van der Waals surface area contributed by atoms with Crippen molar-refractivity contribution in [3.05, 3.63) is 127 Å². The van der Waals surface area contributed by atoms with Crippen molar-refractivity contribution in [2.75, 3.05) is 16.8 Å². The lowest BCUT2D eigenvalue weighted by molar-refractivity contribution is 1.22. The quantitative estimate of drug-likeness (QED) is 0.211. The summed E-state index contributed by atoms with van der Waals surface area (Å²) in [5.41, 5.74) is 14.3. The van der Waals surface area contributed by atoms with E-state index in [1.807, 2.05) is 0 Å². The van der Waals surface area contributed by atoms with Crippen LogP contribution in [-0.4, -0.2) is 18.2 Å². The second-order valence-corrected chi connectivity index (χ2v) is 11.4. The Bertz CT molecular complexity index is 2350. The molecule has 4 heterocycles. The van der Waals surface area contributed by atoms with Crippen molar-refractivity contribution in [1.82, 2.24) is 4.40 Å². The standard InChI is InChI=1S/C37H24BN3/c1-39-30-21-11-7-17-26(30)38-27-18-8-12-22-31(27)40(23-13-3-2-4-14-23)37-33-25-16-6-10-20-29(25)41-28-19-9-5-15-24(28)32(35(33)41)36(39)34(37)38/h2-22H,1H3. The van der Waals surface area contributed by atoms with Crippen LogP contribution in [0.25, 0.3) is 38.1 Å². The number of nitrogens with zero attached hydrogens (tertiary/aromatic N) is 3. The third-order valence-corrected chi connectivity index (χ3v) is 9.47. The van der Waals surface area contributed by atoms with Crippen LogP contribution in [0.2, 0.25) is 0 Å². The first-order valence-corrected chi connectivity index (χ1v) is 14.3. The molecule has 0 spiro atoms. The molecule has 0 N–H and O–H groups in total. The smallest absolute Gasteiger partial charge is 0.252 e. The highest BCUT2D eigenvalue weighted by Crippen LogP contribution is 2.52. The molecule has 41 heavy (non-hydrogen) atoms. The molecule has 0 fully saturated rings. The lowest BCUT2D eigenvalue weighted by atomic mass is 9.33. The molecule has 0 amide bonds. The fourth-order valence-corrected chi connectivity index (χ4v) is 7.99. The third kappa shape index (κ3) is 2.48. The number of benzene rings is 6. The summed E-state index contributed by atoms with van der Waals surface area (Å²) in [4.78, 5) is 4.99. The van der Waals surface area contributed by atoms with Gasteiger partial charge in [-0.05, 0) is 52.8 Å². The summed E-state index contributed by atoms with van der Waals surface area (Å²) in [7, 11) is 2.26. The Labute approximate surface area is 237 Å². The van der Waals surface area contributed by atoms with E-state index in [1.165, 1.54) is 82.9 Å². The highest BCUT2D eigenvalue weighted by molar-refractivity contribution is 7.01. The van der Waals surface area contributed by atoms with E-state index in [1.54, 1.807) is 0 Å². The highest BCUT2D eigenvalue weighted by atomic mass is 15.2. The molecular formula is C37H24BN3. The fourth-order valence-electron chi connectivity index (χ4n) is 7.99. The zero-order chi connectivity index (χ0) is 26.8. The van der Waals surface area contributed by atoms with Crippen molar-refractivity contribution in [3.8, 4) is 0 Å². The van der Waals surface area contributed by atoms with Crippen molar-refractivity contribution < 1.29 is 0 Å².